The summed E-state index contributed by atoms with van der Waals surface area (Å²) in [5.74, 6) is 0.490. The number of rotatable bonds is 3. The number of benzene rings is 1. The molecule has 1 aromatic rings. The summed E-state index contributed by atoms with van der Waals surface area (Å²) < 4.78 is 23.7. The molecule has 82 valence electrons. The van der Waals surface area contributed by atoms with Crippen LogP contribution in [0.15, 0.2) is 18.2 Å². The van der Waals surface area contributed by atoms with Crippen molar-refractivity contribution in [2.24, 2.45) is 5.92 Å². The predicted octanol–water partition coefficient (Wildman–Crippen LogP) is 2.89. The number of hydrogen-bond acceptors (Lipinski definition) is 2. The molecular weight excluding hydrogens is 219 g/mol. The Kier molecular flexibility index (Phi) is 3.44. The highest BCUT2D eigenvalue weighted by atomic mass is 35.5. The molecule has 4 heteroatoms. The first-order valence-electron chi connectivity index (χ1n) is 4.91. The summed E-state index contributed by atoms with van der Waals surface area (Å²) in [6.45, 7) is 2.10. The number of ether oxygens (including phenoxy) is 2. The van der Waals surface area contributed by atoms with Crippen LogP contribution in [0, 0.1) is 11.7 Å². The van der Waals surface area contributed by atoms with Gasteiger partial charge in [-0.3, -0.25) is 0 Å². The SMILES string of the molecule is Fc1cc(OCC2CCOC2)ccc1Cl. The Hall–Kier alpha value is -0.800. The Morgan fingerprint density at radius 3 is 3.07 bits per heavy atom. The maximum atomic E-state index is 13.0. The lowest BCUT2D eigenvalue weighted by atomic mass is 10.1. The first-order valence-corrected chi connectivity index (χ1v) is 5.29. The van der Waals surface area contributed by atoms with E-state index in [2.05, 4.69) is 0 Å². The molecule has 1 aliphatic heterocycles. The van der Waals surface area contributed by atoms with Crippen LogP contribution in [0.25, 0.3) is 0 Å². The normalized spacial score (nSPS) is 20.5. The van der Waals surface area contributed by atoms with E-state index in [1.165, 1.54) is 12.1 Å². The fraction of sp³-hybridized carbons (Fsp3) is 0.455. The Bertz CT molecular complexity index is 337. The zero-order valence-electron chi connectivity index (χ0n) is 8.21. The van der Waals surface area contributed by atoms with E-state index < -0.39 is 5.82 Å². The van der Waals surface area contributed by atoms with Crippen LogP contribution < -0.4 is 4.74 Å². The van der Waals surface area contributed by atoms with Crippen molar-refractivity contribution in [2.75, 3.05) is 19.8 Å². The molecule has 2 nitrogen and oxygen atoms in total. The van der Waals surface area contributed by atoms with Gasteiger partial charge in [-0.25, -0.2) is 4.39 Å². The van der Waals surface area contributed by atoms with Gasteiger partial charge >= 0.3 is 0 Å². The molecule has 1 aromatic carbocycles. The van der Waals surface area contributed by atoms with Gasteiger partial charge in [0, 0.05) is 18.6 Å². The van der Waals surface area contributed by atoms with Crippen molar-refractivity contribution in [3.8, 4) is 5.75 Å². The maximum Gasteiger partial charge on any atom is 0.145 e. The predicted molar refractivity (Wildman–Crippen MR) is 55.8 cm³/mol. The van der Waals surface area contributed by atoms with Crippen LogP contribution >= 0.6 is 11.6 Å². The summed E-state index contributed by atoms with van der Waals surface area (Å²) in [6, 6.07) is 4.47. The molecule has 0 radical (unpaired) electrons. The fourth-order valence-corrected chi connectivity index (χ4v) is 1.61. The Morgan fingerprint density at radius 1 is 1.53 bits per heavy atom. The molecule has 1 saturated heterocycles. The molecule has 0 aromatic heterocycles. The maximum absolute atomic E-state index is 13.0. The first-order chi connectivity index (χ1) is 7.25. The zero-order valence-corrected chi connectivity index (χ0v) is 8.97. The summed E-state index contributed by atoms with van der Waals surface area (Å²) in [6.07, 6.45) is 1.01. The molecule has 2 rings (SSSR count). The first kappa shape index (κ1) is 10.7. The van der Waals surface area contributed by atoms with Gasteiger partial charge in [0.25, 0.3) is 0 Å². The number of halogens is 2. The topological polar surface area (TPSA) is 18.5 Å². The van der Waals surface area contributed by atoms with Crippen LogP contribution in [0.5, 0.6) is 5.75 Å². The summed E-state index contributed by atoms with van der Waals surface area (Å²) in [5, 5.41) is 0.117. The molecule has 0 bridgehead atoms. The van der Waals surface area contributed by atoms with E-state index in [1.807, 2.05) is 0 Å². The molecule has 0 aliphatic carbocycles. The van der Waals surface area contributed by atoms with Gasteiger partial charge in [0.2, 0.25) is 0 Å². The van der Waals surface area contributed by atoms with Gasteiger partial charge in [0.05, 0.1) is 18.2 Å². The highest BCUT2D eigenvalue weighted by Crippen LogP contribution is 2.21. The van der Waals surface area contributed by atoms with Crippen LogP contribution in [-0.4, -0.2) is 19.8 Å². The van der Waals surface area contributed by atoms with Gasteiger partial charge in [0.15, 0.2) is 0 Å². The van der Waals surface area contributed by atoms with Gasteiger partial charge in [-0.15, -0.1) is 0 Å². The van der Waals surface area contributed by atoms with Crippen molar-refractivity contribution in [1.82, 2.24) is 0 Å². The lowest BCUT2D eigenvalue weighted by Crippen LogP contribution is -2.11. The van der Waals surface area contributed by atoms with Crippen LogP contribution in [0.3, 0.4) is 0 Å². The van der Waals surface area contributed by atoms with Crippen LogP contribution in [-0.2, 0) is 4.74 Å². The van der Waals surface area contributed by atoms with E-state index in [-0.39, 0.29) is 5.02 Å². The molecule has 0 amide bonds. The summed E-state index contributed by atoms with van der Waals surface area (Å²) in [4.78, 5) is 0. The van der Waals surface area contributed by atoms with Crippen molar-refractivity contribution < 1.29 is 13.9 Å². The van der Waals surface area contributed by atoms with Crippen molar-refractivity contribution in [2.45, 2.75) is 6.42 Å². The van der Waals surface area contributed by atoms with E-state index >= 15 is 0 Å². The second kappa shape index (κ2) is 4.81. The lowest BCUT2D eigenvalue weighted by molar-refractivity contribution is 0.167. The minimum atomic E-state index is -0.447. The molecule has 0 N–H and O–H groups in total. The van der Waals surface area contributed by atoms with Crippen molar-refractivity contribution in [3.05, 3.63) is 29.0 Å². The van der Waals surface area contributed by atoms with Gasteiger partial charge in [0.1, 0.15) is 11.6 Å². The van der Waals surface area contributed by atoms with Gasteiger partial charge in [-0.1, -0.05) is 11.6 Å². The Labute approximate surface area is 92.9 Å². The van der Waals surface area contributed by atoms with E-state index in [1.54, 1.807) is 6.07 Å². The zero-order chi connectivity index (χ0) is 10.7. The van der Waals surface area contributed by atoms with Crippen molar-refractivity contribution in [3.63, 3.8) is 0 Å². The Balaban J connectivity index is 1.90. The smallest absolute Gasteiger partial charge is 0.145 e. The molecule has 1 fully saturated rings. The van der Waals surface area contributed by atoms with E-state index in [4.69, 9.17) is 21.1 Å². The van der Waals surface area contributed by atoms with E-state index in [0.29, 0.717) is 18.3 Å². The Morgan fingerprint density at radius 2 is 2.40 bits per heavy atom. The second-order valence-corrected chi connectivity index (χ2v) is 4.02. The molecule has 0 spiro atoms. The van der Waals surface area contributed by atoms with E-state index in [0.717, 1.165) is 19.6 Å². The van der Waals surface area contributed by atoms with E-state index in [9.17, 15) is 4.39 Å². The standard InChI is InChI=1S/C11H12ClFO2/c12-10-2-1-9(5-11(10)13)15-7-8-3-4-14-6-8/h1-2,5,8H,3-4,6-7H2. The van der Waals surface area contributed by atoms with Crippen LogP contribution in [0.1, 0.15) is 6.42 Å². The monoisotopic (exact) mass is 230 g/mol. The third-order valence-electron chi connectivity index (χ3n) is 2.40. The largest absolute Gasteiger partial charge is 0.493 e. The van der Waals surface area contributed by atoms with Crippen LogP contribution in [0.2, 0.25) is 5.02 Å². The summed E-state index contributed by atoms with van der Waals surface area (Å²) in [5.41, 5.74) is 0. The number of hydrogen-bond donors (Lipinski definition) is 0. The van der Waals surface area contributed by atoms with Gasteiger partial charge < -0.3 is 9.47 Å². The second-order valence-electron chi connectivity index (χ2n) is 3.62. The fourth-order valence-electron chi connectivity index (χ4n) is 1.50. The van der Waals surface area contributed by atoms with Crippen molar-refractivity contribution in [1.29, 1.82) is 0 Å². The minimum absolute atomic E-state index is 0.117. The highest BCUT2D eigenvalue weighted by molar-refractivity contribution is 6.30. The average molecular weight is 231 g/mol. The molecule has 1 unspecified atom stereocenters. The average Bonchev–Trinajstić information content (AvgIpc) is 2.73. The van der Waals surface area contributed by atoms with Gasteiger partial charge in [-0.2, -0.15) is 0 Å². The van der Waals surface area contributed by atoms with Crippen molar-refractivity contribution >= 4 is 11.6 Å². The molecule has 0 saturated carbocycles. The molecule has 1 heterocycles. The molecule has 15 heavy (non-hydrogen) atoms. The lowest BCUT2D eigenvalue weighted by Gasteiger charge is -2.10. The van der Waals surface area contributed by atoms with Crippen LogP contribution in [0.4, 0.5) is 4.39 Å². The molecular formula is C11H12ClFO2. The third-order valence-corrected chi connectivity index (χ3v) is 2.71. The summed E-state index contributed by atoms with van der Waals surface area (Å²) in [7, 11) is 0. The highest BCUT2D eigenvalue weighted by Gasteiger charge is 2.16. The summed E-state index contributed by atoms with van der Waals surface area (Å²) >= 11 is 5.56. The quantitative estimate of drug-likeness (QED) is 0.795. The van der Waals surface area contributed by atoms with Gasteiger partial charge in [-0.05, 0) is 18.6 Å². The molecule has 1 atom stereocenters. The minimum Gasteiger partial charge on any atom is -0.493 e. The molecule has 1 aliphatic rings. The third kappa shape index (κ3) is 2.83.